The van der Waals surface area contributed by atoms with Crippen LogP contribution in [0.1, 0.15) is 10.4 Å². The third kappa shape index (κ3) is 3.05. The number of carbonyl (C=O) groups is 1. The zero-order valence-electron chi connectivity index (χ0n) is 6.91. The van der Waals surface area contributed by atoms with Crippen LogP contribution in [-0.2, 0) is 0 Å². The molecule has 0 saturated heterocycles. The van der Waals surface area contributed by atoms with Crippen molar-refractivity contribution in [3.63, 3.8) is 0 Å². The number of rotatable bonds is 3. The zero-order chi connectivity index (χ0) is 10.6. The Morgan fingerprint density at radius 1 is 1.50 bits per heavy atom. The molecular weight excluding hydrogens is 227 g/mol. The maximum absolute atomic E-state index is 11.7. The first-order chi connectivity index (χ1) is 6.63. The van der Waals surface area contributed by atoms with Gasteiger partial charge in [-0.2, -0.15) is 0 Å². The lowest BCUT2D eigenvalue weighted by molar-refractivity contribution is 0.0696. The van der Waals surface area contributed by atoms with Crippen LogP contribution in [0.2, 0.25) is 5.02 Å². The largest absolute Gasteiger partial charge is 0.478 e. The minimum absolute atomic E-state index is 0.0901. The van der Waals surface area contributed by atoms with Crippen LogP contribution in [0.5, 0.6) is 0 Å². The summed E-state index contributed by atoms with van der Waals surface area (Å²) in [7, 11) is 0. The second-order valence-electron chi connectivity index (χ2n) is 2.36. The van der Waals surface area contributed by atoms with Crippen LogP contribution in [0.3, 0.4) is 0 Å². The monoisotopic (exact) mass is 232 g/mol. The number of hydrogen-bond acceptors (Lipinski definition) is 2. The smallest absolute Gasteiger partial charge is 0.335 e. The minimum Gasteiger partial charge on any atom is -0.478 e. The van der Waals surface area contributed by atoms with E-state index in [9.17, 15) is 9.18 Å². The maximum Gasteiger partial charge on any atom is 0.335 e. The second-order valence-corrected chi connectivity index (χ2v) is 3.78. The summed E-state index contributed by atoms with van der Waals surface area (Å²) in [5.41, 5.74) is 0.0901. The first-order valence-electron chi connectivity index (χ1n) is 3.59. The summed E-state index contributed by atoms with van der Waals surface area (Å²) < 4.78 is 11.7. The molecule has 0 radical (unpaired) electrons. The number of hydrogen-bond donors (Lipinski definition) is 1. The van der Waals surface area contributed by atoms with Crippen molar-refractivity contribution in [3.05, 3.63) is 40.5 Å². The van der Waals surface area contributed by atoms with Gasteiger partial charge >= 0.3 is 5.97 Å². The Bertz CT molecular complexity index is 379. The van der Waals surface area contributed by atoms with Crippen LogP contribution in [0.25, 0.3) is 0 Å². The molecule has 0 unspecified atom stereocenters. The molecule has 0 aliphatic heterocycles. The molecule has 1 N–H and O–H groups in total. The molecule has 2 nitrogen and oxygen atoms in total. The van der Waals surface area contributed by atoms with Gasteiger partial charge in [0.1, 0.15) is 0 Å². The Hall–Kier alpha value is -1.00. The molecule has 0 amide bonds. The van der Waals surface area contributed by atoms with Gasteiger partial charge in [0.2, 0.25) is 0 Å². The van der Waals surface area contributed by atoms with E-state index in [-0.39, 0.29) is 5.56 Å². The van der Waals surface area contributed by atoms with Gasteiger partial charge in [-0.1, -0.05) is 23.4 Å². The quantitative estimate of drug-likeness (QED) is 0.810. The molecule has 1 rings (SSSR count). The zero-order valence-corrected chi connectivity index (χ0v) is 8.48. The molecule has 74 valence electrons. The summed E-state index contributed by atoms with van der Waals surface area (Å²) in [5.74, 6) is -1.06. The average molecular weight is 233 g/mol. The highest BCUT2D eigenvalue weighted by molar-refractivity contribution is 8.02. The number of carboxylic acid groups (broad SMARTS) is 1. The maximum atomic E-state index is 11.7. The van der Waals surface area contributed by atoms with Gasteiger partial charge < -0.3 is 5.11 Å². The van der Waals surface area contributed by atoms with E-state index >= 15 is 0 Å². The molecular formula is C9H6ClFO2S. The Kier molecular flexibility index (Phi) is 3.98. The summed E-state index contributed by atoms with van der Waals surface area (Å²) in [6, 6.07) is 4.34. The molecule has 14 heavy (non-hydrogen) atoms. The number of benzene rings is 1. The third-order valence-corrected chi connectivity index (χ3v) is 2.34. The lowest BCUT2D eigenvalue weighted by Gasteiger charge is -2.00. The van der Waals surface area contributed by atoms with Gasteiger partial charge in [-0.25, -0.2) is 9.18 Å². The highest BCUT2D eigenvalue weighted by Gasteiger charge is 2.05. The molecule has 0 atom stereocenters. The fourth-order valence-corrected chi connectivity index (χ4v) is 1.76. The summed E-state index contributed by atoms with van der Waals surface area (Å²) in [6.45, 7) is 0. The van der Waals surface area contributed by atoms with Gasteiger partial charge in [0, 0.05) is 15.3 Å². The van der Waals surface area contributed by atoms with Gasteiger partial charge in [0.25, 0.3) is 0 Å². The van der Waals surface area contributed by atoms with Crippen molar-refractivity contribution < 1.29 is 14.3 Å². The third-order valence-electron chi connectivity index (χ3n) is 1.37. The molecule has 0 aliphatic carbocycles. The molecule has 1 aromatic rings. The molecule has 0 heterocycles. The van der Waals surface area contributed by atoms with Crippen LogP contribution in [0, 0.1) is 0 Å². The molecule has 0 aliphatic rings. The molecule has 0 saturated carbocycles. The van der Waals surface area contributed by atoms with Crippen molar-refractivity contribution in [1.82, 2.24) is 0 Å². The molecule has 5 heteroatoms. The van der Waals surface area contributed by atoms with Crippen molar-refractivity contribution in [2.75, 3.05) is 0 Å². The van der Waals surface area contributed by atoms with E-state index in [0.717, 1.165) is 11.8 Å². The van der Waals surface area contributed by atoms with E-state index in [1.807, 2.05) is 0 Å². The van der Waals surface area contributed by atoms with Crippen LogP contribution >= 0.6 is 23.4 Å². The number of halogens is 2. The van der Waals surface area contributed by atoms with Crippen molar-refractivity contribution in [1.29, 1.82) is 0 Å². The number of aromatic carboxylic acids is 1. The molecule has 0 aromatic heterocycles. The van der Waals surface area contributed by atoms with E-state index in [1.54, 1.807) is 6.07 Å². The summed E-state index contributed by atoms with van der Waals surface area (Å²) in [6.07, 6.45) is 0.381. The summed E-state index contributed by atoms with van der Waals surface area (Å²) in [4.78, 5) is 11.2. The van der Waals surface area contributed by atoms with Gasteiger partial charge in [0.15, 0.2) is 0 Å². The lowest BCUT2D eigenvalue weighted by atomic mass is 10.2. The van der Waals surface area contributed by atoms with Gasteiger partial charge in [-0.3, -0.25) is 0 Å². The first kappa shape index (κ1) is 11.1. The summed E-state index contributed by atoms with van der Waals surface area (Å²) in [5, 5.41) is 10.2. The Balaban J connectivity index is 3.00. The topological polar surface area (TPSA) is 37.3 Å². The molecule has 0 spiro atoms. The van der Waals surface area contributed by atoms with Crippen LogP contribution < -0.4 is 0 Å². The predicted octanol–water partition coefficient (Wildman–Crippen LogP) is 3.57. The number of carboxylic acids is 1. The lowest BCUT2D eigenvalue weighted by Crippen LogP contribution is -1.95. The van der Waals surface area contributed by atoms with Crippen molar-refractivity contribution in [3.8, 4) is 0 Å². The number of thioether (sulfide) groups is 1. The predicted molar refractivity (Wildman–Crippen MR) is 54.5 cm³/mol. The fraction of sp³-hybridized carbons (Fsp3) is 0. The van der Waals surface area contributed by atoms with Crippen molar-refractivity contribution in [2.45, 2.75) is 4.90 Å². The van der Waals surface area contributed by atoms with E-state index in [2.05, 4.69) is 0 Å². The SMILES string of the molecule is O=C(O)c1cc(Cl)cc(S/C=C/F)c1. The second kappa shape index (κ2) is 5.02. The Labute approximate surface area is 89.4 Å². The van der Waals surface area contributed by atoms with Gasteiger partial charge in [0.05, 0.1) is 11.9 Å². The minimum atomic E-state index is -1.06. The van der Waals surface area contributed by atoms with E-state index in [4.69, 9.17) is 16.7 Å². The van der Waals surface area contributed by atoms with Crippen LogP contribution in [0.15, 0.2) is 34.8 Å². The Morgan fingerprint density at radius 3 is 2.79 bits per heavy atom. The molecule has 0 bridgehead atoms. The van der Waals surface area contributed by atoms with Crippen molar-refractivity contribution >= 4 is 29.3 Å². The van der Waals surface area contributed by atoms with Gasteiger partial charge in [-0.15, -0.1) is 0 Å². The normalized spacial score (nSPS) is 10.7. The molecule has 0 fully saturated rings. The first-order valence-corrected chi connectivity index (χ1v) is 4.85. The van der Waals surface area contributed by atoms with Crippen LogP contribution in [0.4, 0.5) is 4.39 Å². The van der Waals surface area contributed by atoms with Gasteiger partial charge in [-0.05, 0) is 18.2 Å². The Morgan fingerprint density at radius 2 is 2.21 bits per heavy atom. The highest BCUT2D eigenvalue weighted by Crippen LogP contribution is 2.24. The average Bonchev–Trinajstić information content (AvgIpc) is 2.14. The van der Waals surface area contributed by atoms with E-state index in [0.29, 0.717) is 16.2 Å². The van der Waals surface area contributed by atoms with E-state index < -0.39 is 5.97 Å². The van der Waals surface area contributed by atoms with Crippen molar-refractivity contribution in [2.24, 2.45) is 0 Å². The van der Waals surface area contributed by atoms with Crippen LogP contribution in [-0.4, -0.2) is 11.1 Å². The summed E-state index contributed by atoms with van der Waals surface area (Å²) >= 11 is 6.74. The van der Waals surface area contributed by atoms with E-state index in [1.165, 1.54) is 17.5 Å². The standard InChI is InChI=1S/C9H6ClFO2S/c10-7-3-6(9(12)13)4-8(5-7)14-2-1-11/h1-5H,(H,12,13)/b2-1+. The molecule has 1 aromatic carbocycles. The fourth-order valence-electron chi connectivity index (χ4n) is 0.859. The highest BCUT2D eigenvalue weighted by atomic mass is 35.5.